The summed E-state index contributed by atoms with van der Waals surface area (Å²) in [6.45, 7) is 1.90. The first-order valence-corrected chi connectivity index (χ1v) is 8.47. The lowest BCUT2D eigenvalue weighted by Crippen LogP contribution is -2.33. The normalized spacial score (nSPS) is 11.5. The van der Waals surface area contributed by atoms with E-state index in [1.54, 1.807) is 42.3 Å². The van der Waals surface area contributed by atoms with Crippen LogP contribution in [-0.4, -0.2) is 37.6 Å². The van der Waals surface area contributed by atoms with Crippen molar-refractivity contribution in [2.24, 2.45) is 0 Å². The minimum Gasteiger partial charge on any atom is -0.375 e. The van der Waals surface area contributed by atoms with E-state index in [1.165, 1.54) is 7.11 Å². The van der Waals surface area contributed by atoms with Crippen molar-refractivity contribution in [2.75, 3.05) is 31.4 Å². The average Bonchev–Trinajstić information content (AvgIpc) is 2.62. The first-order chi connectivity index (χ1) is 12.4. The molecule has 0 bridgehead atoms. The molecule has 0 aliphatic carbocycles. The molecule has 138 valence electrons. The molecule has 0 saturated heterocycles. The third kappa shape index (κ3) is 5.21. The van der Waals surface area contributed by atoms with E-state index in [4.69, 9.17) is 16.3 Å². The van der Waals surface area contributed by atoms with Crippen molar-refractivity contribution < 1.29 is 14.3 Å². The lowest BCUT2D eigenvalue weighted by atomic mass is 10.1. The van der Waals surface area contributed by atoms with Gasteiger partial charge in [0.1, 0.15) is 6.61 Å². The monoisotopic (exact) mass is 375 g/mol. The number of hydrogen-bond donors (Lipinski definition) is 2. The molecule has 0 fully saturated rings. The van der Waals surface area contributed by atoms with E-state index >= 15 is 0 Å². The van der Waals surface area contributed by atoms with Gasteiger partial charge in [-0.3, -0.25) is 4.79 Å². The van der Waals surface area contributed by atoms with Crippen LogP contribution in [0.2, 0.25) is 5.02 Å². The van der Waals surface area contributed by atoms with Gasteiger partial charge in [-0.2, -0.15) is 0 Å². The molecule has 2 N–H and O–H groups in total. The summed E-state index contributed by atoms with van der Waals surface area (Å²) in [5.74, 6) is -0.238. The number of carbonyl (C=O) groups excluding carboxylic acids is 2. The van der Waals surface area contributed by atoms with Gasteiger partial charge in [-0.05, 0) is 42.8 Å². The van der Waals surface area contributed by atoms with Crippen LogP contribution in [0.4, 0.5) is 16.2 Å². The minimum absolute atomic E-state index is 0.0107. The van der Waals surface area contributed by atoms with Crippen LogP contribution in [0.1, 0.15) is 18.5 Å². The molecule has 0 radical (unpaired) electrons. The smallest absolute Gasteiger partial charge is 0.322 e. The molecule has 0 aliphatic rings. The van der Waals surface area contributed by atoms with E-state index in [9.17, 15) is 9.59 Å². The lowest BCUT2D eigenvalue weighted by Gasteiger charge is -2.26. The fraction of sp³-hybridized carbons (Fsp3) is 0.263. The van der Waals surface area contributed by atoms with Crippen LogP contribution >= 0.6 is 11.6 Å². The number of hydrogen-bond acceptors (Lipinski definition) is 3. The second-order valence-corrected chi connectivity index (χ2v) is 6.20. The van der Waals surface area contributed by atoms with Crippen molar-refractivity contribution in [2.45, 2.75) is 13.0 Å². The number of rotatable bonds is 6. The van der Waals surface area contributed by atoms with Gasteiger partial charge in [-0.1, -0.05) is 29.8 Å². The molecule has 2 aromatic rings. The maximum absolute atomic E-state index is 12.5. The highest BCUT2D eigenvalue weighted by Crippen LogP contribution is 2.26. The summed E-state index contributed by atoms with van der Waals surface area (Å²) >= 11 is 6.21. The molecule has 0 spiro atoms. The Kier molecular flexibility index (Phi) is 7.00. The summed E-state index contributed by atoms with van der Waals surface area (Å²) in [5.41, 5.74) is 2.13. The highest BCUT2D eigenvalue weighted by molar-refractivity contribution is 6.31. The van der Waals surface area contributed by atoms with Gasteiger partial charge >= 0.3 is 6.03 Å². The molecule has 0 aromatic heterocycles. The predicted molar refractivity (Wildman–Crippen MR) is 104 cm³/mol. The molecule has 2 rings (SSSR count). The molecule has 2 aromatic carbocycles. The fourth-order valence-electron chi connectivity index (χ4n) is 2.38. The molecule has 3 amide bonds. The molecule has 0 saturated carbocycles. The SMILES string of the molecule is COCC(=O)Nc1ccc(NC(=O)N(C)[C@H](C)c2ccccc2Cl)cc1. The van der Waals surface area contributed by atoms with Crippen LogP contribution in [0.15, 0.2) is 48.5 Å². The van der Waals surface area contributed by atoms with E-state index in [0.717, 1.165) is 5.56 Å². The van der Waals surface area contributed by atoms with E-state index in [1.807, 2.05) is 25.1 Å². The van der Waals surface area contributed by atoms with Crippen LogP contribution in [0, 0.1) is 0 Å². The zero-order valence-corrected chi connectivity index (χ0v) is 15.7. The Bertz CT molecular complexity index is 765. The van der Waals surface area contributed by atoms with Gasteiger partial charge in [0.15, 0.2) is 0 Å². The largest absolute Gasteiger partial charge is 0.375 e. The number of benzene rings is 2. The Morgan fingerprint density at radius 1 is 1.08 bits per heavy atom. The fourth-order valence-corrected chi connectivity index (χ4v) is 2.67. The molecule has 0 aliphatic heterocycles. The van der Waals surface area contributed by atoms with Crippen LogP contribution in [0.25, 0.3) is 0 Å². The van der Waals surface area contributed by atoms with Crippen molar-refractivity contribution in [1.82, 2.24) is 4.90 Å². The van der Waals surface area contributed by atoms with Crippen molar-refractivity contribution in [1.29, 1.82) is 0 Å². The summed E-state index contributed by atoms with van der Waals surface area (Å²) in [5, 5.41) is 6.14. The van der Waals surface area contributed by atoms with E-state index in [0.29, 0.717) is 16.4 Å². The van der Waals surface area contributed by atoms with Crippen molar-refractivity contribution >= 4 is 34.9 Å². The van der Waals surface area contributed by atoms with Gasteiger partial charge in [0.05, 0.1) is 6.04 Å². The van der Waals surface area contributed by atoms with Crippen LogP contribution in [0.5, 0.6) is 0 Å². The zero-order chi connectivity index (χ0) is 19.1. The predicted octanol–water partition coefficient (Wildman–Crippen LogP) is 4.15. The van der Waals surface area contributed by atoms with Gasteiger partial charge in [-0.15, -0.1) is 0 Å². The number of nitrogens with zero attached hydrogens (tertiary/aromatic N) is 1. The van der Waals surface area contributed by atoms with Gasteiger partial charge in [0, 0.05) is 30.6 Å². The van der Waals surface area contributed by atoms with Crippen molar-refractivity contribution in [3.8, 4) is 0 Å². The minimum atomic E-state index is -0.256. The Morgan fingerprint density at radius 3 is 2.23 bits per heavy atom. The van der Waals surface area contributed by atoms with Crippen LogP contribution in [0.3, 0.4) is 0 Å². The maximum atomic E-state index is 12.5. The number of urea groups is 1. The topological polar surface area (TPSA) is 70.7 Å². The maximum Gasteiger partial charge on any atom is 0.322 e. The number of nitrogens with one attached hydrogen (secondary N) is 2. The van der Waals surface area contributed by atoms with Gasteiger partial charge in [-0.25, -0.2) is 4.79 Å². The third-order valence-corrected chi connectivity index (χ3v) is 4.30. The Hall–Kier alpha value is -2.57. The summed E-state index contributed by atoms with van der Waals surface area (Å²) in [4.78, 5) is 25.5. The summed E-state index contributed by atoms with van der Waals surface area (Å²) in [6.07, 6.45) is 0. The Balaban J connectivity index is 1.98. The highest BCUT2D eigenvalue weighted by Gasteiger charge is 2.19. The third-order valence-electron chi connectivity index (χ3n) is 3.95. The van der Waals surface area contributed by atoms with E-state index in [-0.39, 0.29) is 24.6 Å². The molecule has 1 atom stereocenters. The average molecular weight is 376 g/mol. The molecule has 6 nitrogen and oxygen atoms in total. The number of carbonyl (C=O) groups is 2. The summed E-state index contributed by atoms with van der Waals surface area (Å²) in [6, 6.07) is 13.9. The molecule has 7 heteroatoms. The molecular weight excluding hydrogens is 354 g/mol. The number of anilines is 2. The quantitative estimate of drug-likeness (QED) is 0.796. The van der Waals surface area contributed by atoms with Gasteiger partial charge in [0.25, 0.3) is 0 Å². The van der Waals surface area contributed by atoms with Crippen molar-refractivity contribution in [3.63, 3.8) is 0 Å². The second-order valence-electron chi connectivity index (χ2n) is 5.80. The number of halogens is 1. The van der Waals surface area contributed by atoms with Crippen LogP contribution < -0.4 is 10.6 Å². The molecule has 0 heterocycles. The lowest BCUT2D eigenvalue weighted by molar-refractivity contribution is -0.119. The number of amides is 3. The van der Waals surface area contributed by atoms with Crippen LogP contribution in [-0.2, 0) is 9.53 Å². The first kappa shape index (κ1) is 19.8. The molecule has 26 heavy (non-hydrogen) atoms. The molecular formula is C19H22ClN3O3. The standard InChI is InChI=1S/C19H22ClN3O3/c1-13(16-6-4-5-7-17(16)20)23(2)19(25)22-15-10-8-14(9-11-15)21-18(24)12-26-3/h4-11,13H,12H2,1-3H3,(H,21,24)(H,22,25)/t13-/m1/s1. The number of ether oxygens (including phenoxy) is 1. The zero-order valence-electron chi connectivity index (χ0n) is 15.0. The Morgan fingerprint density at radius 2 is 1.65 bits per heavy atom. The Labute approximate surface area is 158 Å². The molecule has 0 unspecified atom stereocenters. The number of methoxy groups -OCH3 is 1. The summed E-state index contributed by atoms with van der Waals surface area (Å²) in [7, 11) is 3.17. The van der Waals surface area contributed by atoms with Gasteiger partial charge in [0.2, 0.25) is 5.91 Å². The van der Waals surface area contributed by atoms with Crippen molar-refractivity contribution in [3.05, 3.63) is 59.1 Å². The van der Waals surface area contributed by atoms with E-state index in [2.05, 4.69) is 10.6 Å². The summed E-state index contributed by atoms with van der Waals surface area (Å²) < 4.78 is 4.76. The van der Waals surface area contributed by atoms with Gasteiger partial charge < -0.3 is 20.3 Å². The second kappa shape index (κ2) is 9.22. The first-order valence-electron chi connectivity index (χ1n) is 8.09. The highest BCUT2D eigenvalue weighted by atomic mass is 35.5. The van der Waals surface area contributed by atoms with E-state index < -0.39 is 0 Å².